The van der Waals surface area contributed by atoms with E-state index in [4.69, 9.17) is 9.15 Å². The molecule has 3 aromatic rings. The van der Waals surface area contributed by atoms with Crippen molar-refractivity contribution in [3.63, 3.8) is 0 Å². The van der Waals surface area contributed by atoms with E-state index in [-0.39, 0.29) is 11.9 Å². The number of nitrogens with one attached hydrogen (secondary N) is 2. The molecular formula is C21H22N2O3. The van der Waals surface area contributed by atoms with Crippen molar-refractivity contribution in [3.05, 3.63) is 84.3 Å². The first-order valence-electron chi connectivity index (χ1n) is 8.47. The molecule has 2 aromatic carbocycles. The van der Waals surface area contributed by atoms with Crippen LogP contribution in [0.25, 0.3) is 0 Å². The number of furan rings is 1. The molecule has 1 amide bonds. The lowest BCUT2D eigenvalue weighted by Gasteiger charge is -2.22. The summed E-state index contributed by atoms with van der Waals surface area (Å²) in [7, 11) is 1.58. The number of benzene rings is 2. The second-order valence-corrected chi connectivity index (χ2v) is 5.94. The number of amides is 1. The minimum absolute atomic E-state index is 0.151. The van der Waals surface area contributed by atoms with Crippen LogP contribution in [0.3, 0.4) is 0 Å². The van der Waals surface area contributed by atoms with Gasteiger partial charge in [0.1, 0.15) is 11.5 Å². The lowest BCUT2D eigenvalue weighted by molar-refractivity contribution is -0.117. The Labute approximate surface area is 153 Å². The van der Waals surface area contributed by atoms with Crippen molar-refractivity contribution < 1.29 is 13.9 Å². The highest BCUT2D eigenvalue weighted by Gasteiger charge is 2.23. The predicted octanol–water partition coefficient (Wildman–Crippen LogP) is 3.99. The van der Waals surface area contributed by atoms with Crippen molar-refractivity contribution in [1.82, 2.24) is 5.32 Å². The Balaban J connectivity index is 1.75. The number of methoxy groups -OCH3 is 1. The molecular weight excluding hydrogens is 328 g/mol. The van der Waals surface area contributed by atoms with E-state index in [1.165, 1.54) is 0 Å². The van der Waals surface area contributed by atoms with Gasteiger partial charge in [-0.15, -0.1) is 0 Å². The van der Waals surface area contributed by atoms with E-state index in [9.17, 15) is 4.79 Å². The number of carbonyl (C=O) groups excluding carboxylic acids is 1. The van der Waals surface area contributed by atoms with E-state index in [2.05, 4.69) is 10.6 Å². The number of rotatable bonds is 7. The molecule has 0 aliphatic carbocycles. The Morgan fingerprint density at radius 3 is 2.42 bits per heavy atom. The van der Waals surface area contributed by atoms with Gasteiger partial charge in [-0.25, -0.2) is 0 Å². The van der Waals surface area contributed by atoms with Crippen LogP contribution in [0.2, 0.25) is 0 Å². The van der Waals surface area contributed by atoms with Gasteiger partial charge in [0.25, 0.3) is 0 Å². The molecule has 0 spiro atoms. The van der Waals surface area contributed by atoms with E-state index in [0.29, 0.717) is 11.4 Å². The Morgan fingerprint density at radius 2 is 1.73 bits per heavy atom. The molecule has 0 fully saturated rings. The van der Waals surface area contributed by atoms with E-state index in [0.717, 1.165) is 11.3 Å². The van der Waals surface area contributed by atoms with Gasteiger partial charge in [0, 0.05) is 0 Å². The fourth-order valence-electron chi connectivity index (χ4n) is 2.76. The molecule has 0 bridgehead atoms. The first kappa shape index (κ1) is 17.8. The van der Waals surface area contributed by atoms with Crippen molar-refractivity contribution in [2.45, 2.75) is 19.0 Å². The fraction of sp³-hybridized carbons (Fsp3) is 0.190. The number of anilines is 1. The van der Waals surface area contributed by atoms with Crippen molar-refractivity contribution in [2.24, 2.45) is 0 Å². The monoisotopic (exact) mass is 350 g/mol. The van der Waals surface area contributed by atoms with Crippen LogP contribution in [-0.2, 0) is 4.79 Å². The lowest BCUT2D eigenvalue weighted by Crippen LogP contribution is -2.40. The smallest absolute Gasteiger partial charge is 0.241 e. The molecule has 0 saturated heterocycles. The zero-order chi connectivity index (χ0) is 18.4. The lowest BCUT2D eigenvalue weighted by atomic mass is 10.0. The quantitative estimate of drug-likeness (QED) is 0.676. The molecule has 26 heavy (non-hydrogen) atoms. The Bertz CT molecular complexity index is 831. The van der Waals surface area contributed by atoms with Gasteiger partial charge in [0.15, 0.2) is 0 Å². The zero-order valence-electron chi connectivity index (χ0n) is 14.8. The van der Waals surface area contributed by atoms with Gasteiger partial charge in [-0.05, 0) is 36.8 Å². The Kier molecular flexibility index (Phi) is 5.71. The van der Waals surface area contributed by atoms with Gasteiger partial charge in [0.2, 0.25) is 5.91 Å². The Hall–Kier alpha value is -3.05. The molecule has 1 heterocycles. The molecule has 3 rings (SSSR count). The van der Waals surface area contributed by atoms with Gasteiger partial charge in [-0.3, -0.25) is 10.1 Å². The highest BCUT2D eigenvalue weighted by molar-refractivity contribution is 5.95. The normalized spacial score (nSPS) is 13.0. The third-order valence-electron chi connectivity index (χ3n) is 4.14. The molecule has 0 saturated carbocycles. The molecule has 2 N–H and O–H groups in total. The van der Waals surface area contributed by atoms with Crippen LogP contribution in [0.5, 0.6) is 5.75 Å². The Morgan fingerprint density at radius 1 is 1.00 bits per heavy atom. The second kappa shape index (κ2) is 8.36. The van der Waals surface area contributed by atoms with E-state index in [1.54, 1.807) is 13.4 Å². The maximum absolute atomic E-state index is 12.7. The van der Waals surface area contributed by atoms with Gasteiger partial charge < -0.3 is 14.5 Å². The summed E-state index contributed by atoms with van der Waals surface area (Å²) in [5, 5.41) is 6.25. The summed E-state index contributed by atoms with van der Waals surface area (Å²) in [5.41, 5.74) is 1.67. The van der Waals surface area contributed by atoms with Crippen LogP contribution in [0.15, 0.2) is 77.4 Å². The molecule has 0 unspecified atom stereocenters. The molecule has 1 aromatic heterocycles. The highest BCUT2D eigenvalue weighted by atomic mass is 16.5. The first-order chi connectivity index (χ1) is 12.7. The van der Waals surface area contributed by atoms with Crippen molar-refractivity contribution in [2.75, 3.05) is 12.4 Å². The molecule has 5 heteroatoms. The topological polar surface area (TPSA) is 63.5 Å². The van der Waals surface area contributed by atoms with Crippen LogP contribution >= 0.6 is 0 Å². The van der Waals surface area contributed by atoms with Gasteiger partial charge >= 0.3 is 0 Å². The summed E-state index contributed by atoms with van der Waals surface area (Å²) in [6.45, 7) is 1.82. The minimum Gasteiger partial charge on any atom is -0.495 e. The third-order valence-corrected chi connectivity index (χ3v) is 4.14. The zero-order valence-corrected chi connectivity index (χ0v) is 14.8. The number of hydrogen-bond donors (Lipinski definition) is 2. The summed E-state index contributed by atoms with van der Waals surface area (Å²) in [4.78, 5) is 12.7. The summed E-state index contributed by atoms with van der Waals surface area (Å²) >= 11 is 0. The summed E-state index contributed by atoms with van der Waals surface area (Å²) < 4.78 is 10.9. The maximum atomic E-state index is 12.7. The van der Waals surface area contributed by atoms with Crippen molar-refractivity contribution >= 4 is 11.6 Å². The highest BCUT2D eigenvalue weighted by Crippen LogP contribution is 2.25. The molecule has 2 atom stereocenters. The number of para-hydroxylation sites is 2. The molecule has 134 valence electrons. The summed E-state index contributed by atoms with van der Waals surface area (Å²) in [6, 6.07) is 20.3. The predicted molar refractivity (Wildman–Crippen MR) is 101 cm³/mol. The van der Waals surface area contributed by atoms with E-state index >= 15 is 0 Å². The average Bonchev–Trinajstić information content (AvgIpc) is 3.21. The SMILES string of the molecule is COc1ccccc1NC(=O)[C@H](C)N[C@H](c1ccccc1)c1ccco1. The molecule has 0 aliphatic rings. The van der Waals surface area contributed by atoms with Crippen molar-refractivity contribution in [1.29, 1.82) is 0 Å². The first-order valence-corrected chi connectivity index (χ1v) is 8.47. The van der Waals surface area contributed by atoms with Crippen molar-refractivity contribution in [3.8, 4) is 5.75 Å². The fourth-order valence-corrected chi connectivity index (χ4v) is 2.76. The summed E-state index contributed by atoms with van der Waals surface area (Å²) in [5.74, 6) is 1.23. The number of ether oxygens (including phenoxy) is 1. The van der Waals surface area contributed by atoms with Crippen LogP contribution < -0.4 is 15.4 Å². The average molecular weight is 350 g/mol. The largest absolute Gasteiger partial charge is 0.495 e. The van der Waals surface area contributed by atoms with Gasteiger partial charge in [0.05, 0.1) is 31.1 Å². The van der Waals surface area contributed by atoms with Crippen LogP contribution in [0, 0.1) is 0 Å². The van der Waals surface area contributed by atoms with E-state index in [1.807, 2.05) is 73.7 Å². The van der Waals surface area contributed by atoms with Crippen LogP contribution in [-0.4, -0.2) is 19.1 Å². The summed E-state index contributed by atoms with van der Waals surface area (Å²) in [6.07, 6.45) is 1.63. The number of hydrogen-bond acceptors (Lipinski definition) is 4. The number of carbonyl (C=O) groups is 1. The maximum Gasteiger partial charge on any atom is 0.241 e. The second-order valence-electron chi connectivity index (χ2n) is 5.94. The van der Waals surface area contributed by atoms with Gasteiger partial charge in [-0.1, -0.05) is 42.5 Å². The molecule has 0 radical (unpaired) electrons. The van der Waals surface area contributed by atoms with Crippen LogP contribution in [0.1, 0.15) is 24.3 Å². The minimum atomic E-state index is -0.449. The third kappa shape index (κ3) is 4.13. The molecule has 5 nitrogen and oxygen atoms in total. The standard InChI is InChI=1S/C21H22N2O3/c1-15(21(24)23-17-11-6-7-12-18(17)25-2)22-20(19-13-8-14-26-19)16-9-4-3-5-10-16/h3-15,20,22H,1-2H3,(H,23,24)/t15-,20+/m0/s1. The van der Waals surface area contributed by atoms with Crippen LogP contribution in [0.4, 0.5) is 5.69 Å². The van der Waals surface area contributed by atoms with E-state index < -0.39 is 6.04 Å². The molecule has 0 aliphatic heterocycles. The van der Waals surface area contributed by atoms with Gasteiger partial charge in [-0.2, -0.15) is 0 Å².